The molecule has 1 aliphatic carbocycles. The minimum atomic E-state index is 0.487. The first-order chi connectivity index (χ1) is 9.36. The summed E-state index contributed by atoms with van der Waals surface area (Å²) in [6, 6.07) is 7.51. The fraction of sp³-hybridized carbons (Fsp3) is 0.625. The van der Waals surface area contributed by atoms with Gasteiger partial charge in [0, 0.05) is 18.7 Å². The highest BCUT2D eigenvalue weighted by atomic mass is 16.5. The molecule has 3 rings (SSSR count). The fourth-order valence-electron chi connectivity index (χ4n) is 3.25. The number of hydrogen-bond donors (Lipinski definition) is 1. The zero-order valence-electron chi connectivity index (χ0n) is 11.7. The Morgan fingerprint density at radius 3 is 3.00 bits per heavy atom. The van der Waals surface area contributed by atoms with Crippen molar-refractivity contribution in [3.05, 3.63) is 29.3 Å². The number of ether oxygens (including phenoxy) is 2. The molecule has 0 aromatic heterocycles. The van der Waals surface area contributed by atoms with Gasteiger partial charge in [0.15, 0.2) is 0 Å². The van der Waals surface area contributed by atoms with E-state index in [1.807, 2.05) is 0 Å². The van der Waals surface area contributed by atoms with E-state index in [9.17, 15) is 0 Å². The molecule has 1 aromatic carbocycles. The van der Waals surface area contributed by atoms with Gasteiger partial charge in [-0.1, -0.05) is 6.07 Å². The summed E-state index contributed by atoms with van der Waals surface area (Å²) < 4.78 is 10.9. The molecule has 0 saturated carbocycles. The van der Waals surface area contributed by atoms with E-state index < -0.39 is 0 Å². The van der Waals surface area contributed by atoms with Gasteiger partial charge in [0.1, 0.15) is 5.75 Å². The van der Waals surface area contributed by atoms with Gasteiger partial charge in [-0.2, -0.15) is 0 Å². The summed E-state index contributed by atoms with van der Waals surface area (Å²) >= 11 is 0. The van der Waals surface area contributed by atoms with Crippen molar-refractivity contribution < 1.29 is 9.47 Å². The number of methoxy groups -OCH3 is 1. The lowest BCUT2D eigenvalue weighted by Crippen LogP contribution is -2.40. The van der Waals surface area contributed by atoms with E-state index in [0.29, 0.717) is 12.1 Å². The zero-order chi connectivity index (χ0) is 13.1. The van der Waals surface area contributed by atoms with E-state index in [2.05, 4.69) is 23.5 Å². The van der Waals surface area contributed by atoms with E-state index in [1.165, 1.54) is 43.2 Å². The van der Waals surface area contributed by atoms with Crippen molar-refractivity contribution in [1.82, 2.24) is 5.32 Å². The highest BCUT2D eigenvalue weighted by molar-refractivity contribution is 5.39. The van der Waals surface area contributed by atoms with Crippen LogP contribution in [0.2, 0.25) is 0 Å². The molecule has 19 heavy (non-hydrogen) atoms. The smallest absolute Gasteiger partial charge is 0.119 e. The maximum atomic E-state index is 5.57. The van der Waals surface area contributed by atoms with Crippen molar-refractivity contribution in [2.24, 2.45) is 0 Å². The molecule has 2 atom stereocenters. The Labute approximate surface area is 115 Å². The van der Waals surface area contributed by atoms with Gasteiger partial charge in [-0.3, -0.25) is 0 Å². The van der Waals surface area contributed by atoms with Gasteiger partial charge < -0.3 is 14.8 Å². The predicted molar refractivity (Wildman–Crippen MR) is 75.6 cm³/mol. The summed E-state index contributed by atoms with van der Waals surface area (Å²) in [6.07, 6.45) is 6.08. The molecule has 2 aliphatic rings. The number of hydrogen-bond acceptors (Lipinski definition) is 3. The summed E-state index contributed by atoms with van der Waals surface area (Å²) in [5.74, 6) is 0.973. The number of benzene rings is 1. The Hall–Kier alpha value is -1.06. The van der Waals surface area contributed by atoms with Crippen LogP contribution < -0.4 is 10.1 Å². The van der Waals surface area contributed by atoms with Crippen LogP contribution >= 0.6 is 0 Å². The average molecular weight is 261 g/mol. The molecule has 0 bridgehead atoms. The third kappa shape index (κ3) is 2.93. The number of fused-ring (bicyclic) bond motifs is 1. The van der Waals surface area contributed by atoms with Crippen molar-refractivity contribution in [1.29, 1.82) is 0 Å². The SMILES string of the molecule is COc1ccc2c(c1)CCCC2NC1CCCOC1. The van der Waals surface area contributed by atoms with Gasteiger partial charge in [0.25, 0.3) is 0 Å². The van der Waals surface area contributed by atoms with Crippen LogP contribution in [0.15, 0.2) is 18.2 Å². The second-order valence-corrected chi connectivity index (χ2v) is 5.59. The highest BCUT2D eigenvalue weighted by Crippen LogP contribution is 2.32. The Morgan fingerprint density at radius 2 is 2.21 bits per heavy atom. The molecule has 3 heteroatoms. The lowest BCUT2D eigenvalue weighted by atomic mass is 9.87. The third-order valence-corrected chi connectivity index (χ3v) is 4.26. The van der Waals surface area contributed by atoms with Crippen LogP contribution in [-0.4, -0.2) is 26.4 Å². The van der Waals surface area contributed by atoms with Crippen LogP contribution in [0.1, 0.15) is 42.9 Å². The summed E-state index contributed by atoms with van der Waals surface area (Å²) in [4.78, 5) is 0. The molecule has 1 aliphatic heterocycles. The monoisotopic (exact) mass is 261 g/mol. The molecule has 0 amide bonds. The summed E-state index contributed by atoms with van der Waals surface area (Å²) in [5, 5.41) is 3.79. The van der Waals surface area contributed by atoms with Crippen LogP contribution in [0, 0.1) is 0 Å². The largest absolute Gasteiger partial charge is 0.497 e. The zero-order valence-corrected chi connectivity index (χ0v) is 11.7. The summed E-state index contributed by atoms with van der Waals surface area (Å²) in [5.41, 5.74) is 2.90. The van der Waals surface area contributed by atoms with Crippen LogP contribution in [0.25, 0.3) is 0 Å². The van der Waals surface area contributed by atoms with Gasteiger partial charge in [-0.25, -0.2) is 0 Å². The molecular formula is C16H23NO2. The molecular weight excluding hydrogens is 238 g/mol. The fourth-order valence-corrected chi connectivity index (χ4v) is 3.25. The van der Waals surface area contributed by atoms with Crippen molar-refractivity contribution >= 4 is 0 Å². The van der Waals surface area contributed by atoms with Crippen molar-refractivity contribution in [3.63, 3.8) is 0 Å². The molecule has 1 heterocycles. The second kappa shape index (κ2) is 5.93. The maximum absolute atomic E-state index is 5.57. The molecule has 0 spiro atoms. The minimum Gasteiger partial charge on any atom is -0.497 e. The lowest BCUT2D eigenvalue weighted by molar-refractivity contribution is 0.0654. The second-order valence-electron chi connectivity index (χ2n) is 5.59. The normalized spacial score (nSPS) is 26.8. The summed E-state index contributed by atoms with van der Waals surface area (Å²) in [6.45, 7) is 1.79. The van der Waals surface area contributed by atoms with Crippen molar-refractivity contribution in [2.75, 3.05) is 20.3 Å². The van der Waals surface area contributed by atoms with Gasteiger partial charge >= 0.3 is 0 Å². The predicted octanol–water partition coefficient (Wildman–Crippen LogP) is 2.84. The maximum Gasteiger partial charge on any atom is 0.119 e. The van der Waals surface area contributed by atoms with E-state index >= 15 is 0 Å². The minimum absolute atomic E-state index is 0.487. The van der Waals surface area contributed by atoms with Gasteiger partial charge in [-0.15, -0.1) is 0 Å². The molecule has 104 valence electrons. The Balaban J connectivity index is 1.74. The summed E-state index contributed by atoms with van der Waals surface area (Å²) in [7, 11) is 1.74. The van der Waals surface area contributed by atoms with E-state index in [-0.39, 0.29) is 0 Å². The van der Waals surface area contributed by atoms with E-state index in [1.54, 1.807) is 7.11 Å². The average Bonchev–Trinajstić information content (AvgIpc) is 2.48. The topological polar surface area (TPSA) is 30.5 Å². The highest BCUT2D eigenvalue weighted by Gasteiger charge is 2.24. The molecule has 3 nitrogen and oxygen atoms in total. The molecule has 1 saturated heterocycles. The Morgan fingerprint density at radius 1 is 1.26 bits per heavy atom. The standard InChI is InChI=1S/C16H23NO2/c1-18-14-7-8-15-12(10-14)4-2-6-16(15)17-13-5-3-9-19-11-13/h7-8,10,13,16-17H,2-6,9,11H2,1H3. The van der Waals surface area contributed by atoms with Crippen LogP contribution in [0.3, 0.4) is 0 Å². The van der Waals surface area contributed by atoms with Crippen molar-refractivity contribution in [3.8, 4) is 5.75 Å². The van der Waals surface area contributed by atoms with Gasteiger partial charge in [0.2, 0.25) is 0 Å². The lowest BCUT2D eigenvalue weighted by Gasteiger charge is -2.32. The molecule has 0 radical (unpaired) electrons. The first kappa shape index (κ1) is 12.9. The first-order valence-corrected chi connectivity index (χ1v) is 7.37. The van der Waals surface area contributed by atoms with Crippen LogP contribution in [0.5, 0.6) is 5.75 Å². The molecule has 1 N–H and O–H groups in total. The van der Waals surface area contributed by atoms with E-state index in [4.69, 9.17) is 9.47 Å². The van der Waals surface area contributed by atoms with Crippen LogP contribution in [0.4, 0.5) is 0 Å². The molecule has 1 aromatic rings. The quantitative estimate of drug-likeness (QED) is 0.907. The number of aryl methyl sites for hydroxylation is 1. The molecule has 2 unspecified atom stereocenters. The molecule has 1 fully saturated rings. The van der Waals surface area contributed by atoms with E-state index in [0.717, 1.165) is 19.0 Å². The number of nitrogens with one attached hydrogen (secondary N) is 1. The Bertz CT molecular complexity index is 427. The Kier molecular flexibility index (Phi) is 4.04. The number of rotatable bonds is 3. The van der Waals surface area contributed by atoms with Gasteiger partial charge in [0.05, 0.1) is 13.7 Å². The van der Waals surface area contributed by atoms with Gasteiger partial charge in [-0.05, 0) is 55.4 Å². The third-order valence-electron chi connectivity index (χ3n) is 4.26. The first-order valence-electron chi connectivity index (χ1n) is 7.37. The van der Waals surface area contributed by atoms with Crippen LogP contribution in [-0.2, 0) is 11.2 Å². The van der Waals surface area contributed by atoms with Crippen molar-refractivity contribution in [2.45, 2.75) is 44.2 Å².